The molecule has 2 N–H and O–H groups in total. The van der Waals surface area contributed by atoms with Gasteiger partial charge in [0.15, 0.2) is 10.3 Å². The second-order valence-corrected chi connectivity index (χ2v) is 6.93. The number of carbonyl (C=O) groups excluding carboxylic acids is 1. The normalized spacial score (nSPS) is 10.6. The fourth-order valence-electron chi connectivity index (χ4n) is 2.04. The van der Waals surface area contributed by atoms with Gasteiger partial charge in [0.25, 0.3) is 5.91 Å². The number of anilines is 2. The van der Waals surface area contributed by atoms with Crippen molar-refractivity contribution < 1.29 is 4.79 Å². The summed E-state index contributed by atoms with van der Waals surface area (Å²) in [5.41, 5.74) is 2.19. The Morgan fingerprint density at radius 2 is 2.21 bits per heavy atom. The molecule has 2 aromatic heterocycles. The maximum atomic E-state index is 12.6. The molecule has 24 heavy (non-hydrogen) atoms. The van der Waals surface area contributed by atoms with Crippen LogP contribution in [0.25, 0.3) is 0 Å². The highest BCUT2D eigenvalue weighted by Crippen LogP contribution is 2.29. The summed E-state index contributed by atoms with van der Waals surface area (Å²) < 4.78 is 1.83. The van der Waals surface area contributed by atoms with Crippen LogP contribution >= 0.6 is 23.1 Å². The Kier molecular flexibility index (Phi) is 4.81. The second-order valence-electron chi connectivity index (χ2n) is 5.03. The number of benzene rings is 1. The number of rotatable bonds is 5. The molecule has 1 amide bonds. The number of hydrogen-bond acceptors (Lipinski definition) is 7. The first kappa shape index (κ1) is 16.5. The number of nitrogens with one attached hydrogen (secondary N) is 2. The lowest BCUT2D eigenvalue weighted by atomic mass is 10.1. The summed E-state index contributed by atoms with van der Waals surface area (Å²) in [5.74, 6) is -0.200. The molecule has 0 aliphatic rings. The summed E-state index contributed by atoms with van der Waals surface area (Å²) >= 11 is 2.86. The molecule has 2 heterocycles. The van der Waals surface area contributed by atoms with Crippen LogP contribution in [0.4, 0.5) is 10.8 Å². The zero-order chi connectivity index (χ0) is 17.1. The zero-order valence-corrected chi connectivity index (χ0v) is 15.0. The van der Waals surface area contributed by atoms with Crippen LogP contribution in [0.3, 0.4) is 0 Å². The standard InChI is InChI=1S/C15H16N6OS2/c1-9-7-23-14(18-9)19-13(22)11-6-10(4-5-12(11)16-2)24-15-20-17-8-21(15)3/h4-8,16H,1-3H3,(H,18,19,22). The highest BCUT2D eigenvalue weighted by Gasteiger charge is 2.15. The Labute approximate surface area is 147 Å². The van der Waals surface area contributed by atoms with Crippen molar-refractivity contribution in [3.8, 4) is 0 Å². The van der Waals surface area contributed by atoms with E-state index in [1.54, 1.807) is 13.4 Å². The van der Waals surface area contributed by atoms with E-state index >= 15 is 0 Å². The Bertz CT molecular complexity index is 872. The highest BCUT2D eigenvalue weighted by atomic mass is 32.2. The van der Waals surface area contributed by atoms with E-state index in [0.29, 0.717) is 10.7 Å². The summed E-state index contributed by atoms with van der Waals surface area (Å²) in [7, 11) is 3.66. The molecule has 0 spiro atoms. The predicted molar refractivity (Wildman–Crippen MR) is 95.9 cm³/mol. The van der Waals surface area contributed by atoms with E-state index in [-0.39, 0.29) is 5.91 Å². The van der Waals surface area contributed by atoms with Crippen LogP contribution in [0, 0.1) is 6.92 Å². The molecule has 0 aliphatic carbocycles. The topological polar surface area (TPSA) is 84.7 Å². The maximum absolute atomic E-state index is 12.6. The van der Waals surface area contributed by atoms with Crippen LogP contribution in [0.1, 0.15) is 16.1 Å². The fraction of sp³-hybridized carbons (Fsp3) is 0.200. The van der Waals surface area contributed by atoms with Crippen molar-refractivity contribution in [2.24, 2.45) is 7.05 Å². The molecule has 0 fully saturated rings. The van der Waals surface area contributed by atoms with E-state index in [1.807, 2.05) is 42.1 Å². The van der Waals surface area contributed by atoms with Gasteiger partial charge in [-0.2, -0.15) is 0 Å². The largest absolute Gasteiger partial charge is 0.387 e. The summed E-state index contributed by atoms with van der Waals surface area (Å²) in [6.45, 7) is 1.89. The van der Waals surface area contributed by atoms with E-state index in [4.69, 9.17) is 0 Å². The third-order valence-electron chi connectivity index (χ3n) is 3.22. The summed E-state index contributed by atoms with van der Waals surface area (Å²) in [4.78, 5) is 17.8. The monoisotopic (exact) mass is 360 g/mol. The van der Waals surface area contributed by atoms with Crippen LogP contribution in [0.15, 0.2) is 40.0 Å². The molecule has 0 bridgehead atoms. The van der Waals surface area contributed by atoms with Gasteiger partial charge in [-0.1, -0.05) is 0 Å². The first-order valence-corrected chi connectivity index (χ1v) is 8.83. The molecular formula is C15H16N6OS2. The molecule has 0 atom stereocenters. The summed E-state index contributed by atoms with van der Waals surface area (Å²) in [6.07, 6.45) is 1.64. The van der Waals surface area contributed by atoms with E-state index in [2.05, 4.69) is 25.8 Å². The molecule has 124 valence electrons. The van der Waals surface area contributed by atoms with Crippen molar-refractivity contribution in [3.63, 3.8) is 0 Å². The first-order chi connectivity index (χ1) is 11.6. The minimum absolute atomic E-state index is 0.200. The lowest BCUT2D eigenvalue weighted by Crippen LogP contribution is -2.14. The van der Waals surface area contributed by atoms with Crippen LogP contribution in [-0.2, 0) is 7.05 Å². The number of nitrogens with zero attached hydrogens (tertiary/aromatic N) is 4. The Hall–Kier alpha value is -2.39. The molecule has 0 saturated carbocycles. The summed E-state index contributed by atoms with van der Waals surface area (Å²) in [5, 5.41) is 17.0. The van der Waals surface area contributed by atoms with E-state index in [0.717, 1.165) is 21.4 Å². The first-order valence-electron chi connectivity index (χ1n) is 7.14. The molecular weight excluding hydrogens is 344 g/mol. The number of carbonyl (C=O) groups is 1. The highest BCUT2D eigenvalue weighted by molar-refractivity contribution is 7.99. The van der Waals surface area contributed by atoms with Crippen LogP contribution in [0.5, 0.6) is 0 Å². The quantitative estimate of drug-likeness (QED) is 0.727. The van der Waals surface area contributed by atoms with Gasteiger partial charge in [-0.05, 0) is 36.9 Å². The van der Waals surface area contributed by atoms with Gasteiger partial charge in [-0.25, -0.2) is 4.98 Å². The van der Waals surface area contributed by atoms with Crippen molar-refractivity contribution in [2.75, 3.05) is 17.7 Å². The number of aryl methyl sites for hydroxylation is 2. The zero-order valence-electron chi connectivity index (χ0n) is 13.4. The van der Waals surface area contributed by atoms with Gasteiger partial charge in [0.05, 0.1) is 11.3 Å². The molecule has 7 nitrogen and oxygen atoms in total. The molecule has 1 aromatic carbocycles. The predicted octanol–water partition coefficient (Wildman–Crippen LogP) is 3.03. The Morgan fingerprint density at radius 1 is 1.38 bits per heavy atom. The third kappa shape index (κ3) is 3.57. The maximum Gasteiger partial charge on any atom is 0.259 e. The number of thiazole rings is 1. The number of aromatic nitrogens is 4. The van der Waals surface area contributed by atoms with Gasteiger partial charge in [0.2, 0.25) is 0 Å². The Morgan fingerprint density at radius 3 is 2.83 bits per heavy atom. The lowest BCUT2D eigenvalue weighted by molar-refractivity contribution is 0.102. The van der Waals surface area contributed by atoms with Crippen LogP contribution in [0.2, 0.25) is 0 Å². The molecule has 0 aliphatic heterocycles. The van der Waals surface area contributed by atoms with Crippen molar-refractivity contribution in [3.05, 3.63) is 41.2 Å². The van der Waals surface area contributed by atoms with Crippen LogP contribution < -0.4 is 10.6 Å². The van der Waals surface area contributed by atoms with Gasteiger partial charge < -0.3 is 9.88 Å². The van der Waals surface area contributed by atoms with Crippen molar-refractivity contribution in [1.82, 2.24) is 19.7 Å². The smallest absolute Gasteiger partial charge is 0.259 e. The SMILES string of the molecule is CNc1ccc(Sc2nncn2C)cc1C(=O)Nc1nc(C)cs1. The van der Waals surface area contributed by atoms with Gasteiger partial charge in [0.1, 0.15) is 6.33 Å². The minimum atomic E-state index is -0.200. The molecule has 0 unspecified atom stereocenters. The van der Waals surface area contributed by atoms with Crippen molar-refractivity contribution >= 4 is 39.8 Å². The Balaban J connectivity index is 1.86. The number of amides is 1. The molecule has 0 radical (unpaired) electrons. The third-order valence-corrected chi connectivity index (χ3v) is 5.14. The van der Waals surface area contributed by atoms with E-state index in [1.165, 1.54) is 23.1 Å². The average molecular weight is 360 g/mol. The van der Waals surface area contributed by atoms with E-state index < -0.39 is 0 Å². The summed E-state index contributed by atoms with van der Waals surface area (Å²) in [6, 6.07) is 5.65. The van der Waals surface area contributed by atoms with Gasteiger partial charge in [-0.3, -0.25) is 10.1 Å². The molecule has 0 saturated heterocycles. The van der Waals surface area contributed by atoms with Gasteiger partial charge in [0, 0.05) is 30.1 Å². The second kappa shape index (κ2) is 7.02. The van der Waals surface area contributed by atoms with Crippen LogP contribution in [-0.4, -0.2) is 32.7 Å². The minimum Gasteiger partial charge on any atom is -0.387 e. The van der Waals surface area contributed by atoms with Crippen molar-refractivity contribution in [1.29, 1.82) is 0 Å². The molecule has 9 heteroatoms. The van der Waals surface area contributed by atoms with Gasteiger partial charge >= 0.3 is 0 Å². The molecule has 3 aromatic rings. The molecule has 3 rings (SSSR count). The van der Waals surface area contributed by atoms with E-state index in [9.17, 15) is 4.79 Å². The fourth-order valence-corrected chi connectivity index (χ4v) is 3.52. The lowest BCUT2D eigenvalue weighted by Gasteiger charge is -2.10. The van der Waals surface area contributed by atoms with Crippen molar-refractivity contribution in [2.45, 2.75) is 17.0 Å². The van der Waals surface area contributed by atoms with Gasteiger partial charge in [-0.15, -0.1) is 21.5 Å². The average Bonchev–Trinajstić information content (AvgIpc) is 3.16. The number of hydrogen-bond donors (Lipinski definition) is 2.